The number of alkyl halides is 3. The molecule has 0 aliphatic carbocycles. The number of nitrogens with two attached hydrogens (primary N) is 1. The number of hydrogen-bond donors (Lipinski definition) is 4. The maximum absolute atomic E-state index is 12.3. The Balaban J connectivity index is 0.000000423. The number of nitrogens with one attached hydrogen (secondary N) is 1. The van der Waals surface area contributed by atoms with Crippen LogP contribution in [0, 0.1) is 0 Å². The average molecular weight is 502 g/mol. The van der Waals surface area contributed by atoms with Crippen LogP contribution in [0.15, 0.2) is 22.3 Å². The number of carbonyl (C=O) groups is 4. The Morgan fingerprint density at radius 3 is 2.39 bits per heavy atom. The fourth-order valence-electron chi connectivity index (χ4n) is 2.73. The van der Waals surface area contributed by atoms with Crippen LogP contribution in [0.5, 0.6) is 0 Å². The van der Waals surface area contributed by atoms with Crippen molar-refractivity contribution in [3.8, 4) is 0 Å². The monoisotopic (exact) mass is 501 g/mol. The van der Waals surface area contributed by atoms with E-state index in [1.54, 1.807) is 30.4 Å². The molecule has 15 heteroatoms. The summed E-state index contributed by atoms with van der Waals surface area (Å²) < 4.78 is 31.7. The van der Waals surface area contributed by atoms with Gasteiger partial charge in [0.15, 0.2) is 0 Å². The molecule has 3 heterocycles. The zero-order valence-corrected chi connectivity index (χ0v) is 18.3. The van der Waals surface area contributed by atoms with Crippen molar-refractivity contribution in [2.75, 3.05) is 16.6 Å². The highest BCUT2D eigenvalue weighted by molar-refractivity contribution is 8.18. The molecule has 0 aromatic rings. The van der Waals surface area contributed by atoms with E-state index in [1.807, 2.05) is 5.41 Å². The Kier molecular flexibility index (Phi) is 8.35. The van der Waals surface area contributed by atoms with Crippen LogP contribution in [0.2, 0.25) is 0 Å². The fraction of sp³-hybridized carbons (Fsp3) is 0.500. The number of nitrogens with zero attached hydrogens (tertiary/aromatic N) is 1. The molecule has 9 nitrogen and oxygen atoms in total. The number of rotatable bonds is 4. The van der Waals surface area contributed by atoms with Crippen molar-refractivity contribution in [3.05, 3.63) is 22.3 Å². The summed E-state index contributed by atoms with van der Waals surface area (Å²) in [6, 6.07) is -1.50. The second-order valence-corrected chi connectivity index (χ2v) is 9.75. The summed E-state index contributed by atoms with van der Waals surface area (Å²) in [6.07, 6.45) is -5.08. The molecule has 0 radical (unpaired) electrons. The van der Waals surface area contributed by atoms with Gasteiger partial charge in [-0.1, -0.05) is 0 Å². The van der Waals surface area contributed by atoms with Crippen LogP contribution in [0.4, 0.5) is 13.2 Å². The van der Waals surface area contributed by atoms with Crippen LogP contribution in [0.1, 0.15) is 6.92 Å². The minimum absolute atomic E-state index is 0.0290. The van der Waals surface area contributed by atoms with Gasteiger partial charge in [-0.2, -0.15) is 13.2 Å². The van der Waals surface area contributed by atoms with E-state index in [1.165, 1.54) is 16.7 Å². The highest BCUT2D eigenvalue weighted by atomic mass is 32.2. The van der Waals surface area contributed by atoms with E-state index in [0.717, 1.165) is 10.7 Å². The quantitative estimate of drug-likeness (QED) is 0.411. The van der Waals surface area contributed by atoms with E-state index in [4.69, 9.17) is 15.6 Å². The lowest BCUT2D eigenvalue weighted by atomic mass is 10.0. The maximum Gasteiger partial charge on any atom is 0.490 e. The summed E-state index contributed by atoms with van der Waals surface area (Å²) in [5.41, 5.74) is 7.51. The van der Waals surface area contributed by atoms with Crippen molar-refractivity contribution >= 4 is 59.0 Å². The molecular weight excluding hydrogens is 483 g/mol. The van der Waals surface area contributed by atoms with Crippen LogP contribution >= 0.6 is 35.3 Å². The fourth-order valence-corrected chi connectivity index (χ4v) is 6.06. The Hall–Kier alpha value is -1.84. The van der Waals surface area contributed by atoms with Gasteiger partial charge >= 0.3 is 18.1 Å². The number of amides is 2. The van der Waals surface area contributed by atoms with Gasteiger partial charge in [0.2, 0.25) is 5.91 Å². The Bertz CT molecular complexity index is 848. The van der Waals surface area contributed by atoms with Crippen molar-refractivity contribution in [2.24, 2.45) is 5.73 Å². The molecule has 2 unspecified atom stereocenters. The highest BCUT2D eigenvalue weighted by Crippen LogP contribution is 2.40. The Morgan fingerprint density at radius 2 is 1.90 bits per heavy atom. The van der Waals surface area contributed by atoms with Crippen LogP contribution in [-0.4, -0.2) is 79.1 Å². The number of thioether (sulfide) groups is 3. The Morgan fingerprint density at radius 1 is 1.29 bits per heavy atom. The van der Waals surface area contributed by atoms with Gasteiger partial charge < -0.3 is 21.3 Å². The third kappa shape index (κ3) is 5.90. The molecule has 2 amide bonds. The zero-order chi connectivity index (χ0) is 23.5. The average Bonchev–Trinajstić information content (AvgIpc) is 2.71. The van der Waals surface area contributed by atoms with Crippen LogP contribution in [0.3, 0.4) is 0 Å². The third-order valence-corrected chi connectivity index (χ3v) is 7.88. The van der Waals surface area contributed by atoms with E-state index in [9.17, 15) is 32.7 Å². The van der Waals surface area contributed by atoms with Crippen molar-refractivity contribution in [1.82, 2.24) is 10.2 Å². The number of hydrogen-bond acceptors (Lipinski definition) is 8. The number of β-lactam (4-membered cyclic amide) rings is 1. The molecule has 3 aliphatic rings. The summed E-state index contributed by atoms with van der Waals surface area (Å²) in [7, 11) is 0. The van der Waals surface area contributed by atoms with Crippen LogP contribution in [-0.2, 0) is 19.2 Å². The second kappa shape index (κ2) is 10.2. The largest absolute Gasteiger partial charge is 0.490 e. The molecule has 1 fully saturated rings. The van der Waals surface area contributed by atoms with Gasteiger partial charge in [-0.3, -0.25) is 14.5 Å². The number of aliphatic carboxylic acids is 2. The number of halogens is 3. The first-order chi connectivity index (χ1) is 14.4. The number of carboxylic acids is 2. The van der Waals surface area contributed by atoms with Crippen molar-refractivity contribution in [2.45, 2.75) is 30.6 Å². The summed E-state index contributed by atoms with van der Waals surface area (Å²) >= 11 is 4.74. The standard InChI is InChI=1S/C14H17N3O4S3.C2HF3O2/c1-6-2-24-13-9(12(19)17(13)10(6)14(20)21)16-11(18)8(15)7-3-22-5-23-4-7;3-2(4,5)1(6)7/h3,8-9,13H,2,4-5,15H2,1H3,(H,16,18)(H,20,21);(H,6,7)/t8-,9?,13?;/m1./s1. The molecule has 0 aromatic carbocycles. The van der Waals surface area contributed by atoms with Crippen LogP contribution < -0.4 is 11.1 Å². The summed E-state index contributed by atoms with van der Waals surface area (Å²) in [6.45, 7) is 1.70. The molecule has 0 aromatic heterocycles. The van der Waals surface area contributed by atoms with Gasteiger partial charge in [0.25, 0.3) is 5.91 Å². The molecule has 172 valence electrons. The van der Waals surface area contributed by atoms with Gasteiger partial charge in [-0.05, 0) is 23.5 Å². The predicted molar refractivity (Wildman–Crippen MR) is 110 cm³/mol. The van der Waals surface area contributed by atoms with Gasteiger partial charge in [0, 0.05) is 16.6 Å². The van der Waals surface area contributed by atoms with Gasteiger partial charge in [-0.15, -0.1) is 35.3 Å². The summed E-state index contributed by atoms with van der Waals surface area (Å²) in [4.78, 5) is 46.2. The highest BCUT2D eigenvalue weighted by Gasteiger charge is 2.54. The Labute approximate surface area is 187 Å². The second-order valence-electron chi connectivity index (χ2n) is 6.44. The third-order valence-electron chi connectivity index (χ3n) is 4.24. The minimum Gasteiger partial charge on any atom is -0.477 e. The van der Waals surface area contributed by atoms with Crippen molar-refractivity contribution in [3.63, 3.8) is 0 Å². The van der Waals surface area contributed by atoms with E-state index in [2.05, 4.69) is 5.32 Å². The van der Waals surface area contributed by atoms with E-state index in [-0.39, 0.29) is 11.1 Å². The molecule has 31 heavy (non-hydrogen) atoms. The SMILES string of the molecule is CC1=C(C(=O)O)N2C(=O)C(NC(=O)[C@H](N)C3=CSCSC3)C2SC1.O=C(O)C(F)(F)F. The number of carbonyl (C=O) groups excluding carboxylic acids is 2. The first-order valence-corrected chi connectivity index (χ1v) is 11.7. The van der Waals surface area contributed by atoms with E-state index < -0.39 is 42.0 Å². The molecule has 0 saturated carbocycles. The molecule has 5 N–H and O–H groups in total. The van der Waals surface area contributed by atoms with E-state index in [0.29, 0.717) is 17.1 Å². The van der Waals surface area contributed by atoms with Gasteiger partial charge in [0.05, 0.1) is 0 Å². The molecule has 0 bridgehead atoms. The maximum atomic E-state index is 12.3. The summed E-state index contributed by atoms with van der Waals surface area (Å²) in [5.74, 6) is -3.44. The van der Waals surface area contributed by atoms with Crippen LogP contribution in [0.25, 0.3) is 0 Å². The molecular formula is C16H18F3N3O6S3. The first kappa shape index (κ1) is 25.4. The first-order valence-electron chi connectivity index (χ1n) is 8.48. The number of fused-ring (bicyclic) bond motifs is 1. The van der Waals surface area contributed by atoms with Gasteiger partial charge in [-0.25, -0.2) is 9.59 Å². The molecule has 0 spiro atoms. The molecule has 1 saturated heterocycles. The summed E-state index contributed by atoms with van der Waals surface area (Å²) in [5, 5.41) is 21.6. The minimum atomic E-state index is -5.08. The zero-order valence-electron chi connectivity index (χ0n) is 15.8. The van der Waals surface area contributed by atoms with Crippen molar-refractivity contribution in [1.29, 1.82) is 0 Å². The van der Waals surface area contributed by atoms with E-state index >= 15 is 0 Å². The molecule has 3 atom stereocenters. The smallest absolute Gasteiger partial charge is 0.477 e. The lowest BCUT2D eigenvalue weighted by molar-refractivity contribution is -0.192. The predicted octanol–water partition coefficient (Wildman–Crippen LogP) is 1.03. The topological polar surface area (TPSA) is 150 Å². The number of carboxylic acid groups (broad SMARTS) is 2. The normalized spacial score (nSPS) is 24.1. The van der Waals surface area contributed by atoms with Gasteiger partial charge in [0.1, 0.15) is 23.2 Å². The lowest BCUT2D eigenvalue weighted by Gasteiger charge is -2.49. The lowest BCUT2D eigenvalue weighted by Crippen LogP contribution is -2.71. The van der Waals surface area contributed by atoms with Crippen molar-refractivity contribution < 1.29 is 42.6 Å². The molecule has 3 aliphatic heterocycles. The molecule has 3 rings (SSSR count).